The Bertz CT molecular complexity index is 693. The first kappa shape index (κ1) is 15.7. The molecule has 1 fully saturated rings. The largest absolute Gasteiger partial charge is 0.422 e. The van der Waals surface area contributed by atoms with Crippen LogP contribution in [0.25, 0.3) is 0 Å². The summed E-state index contributed by atoms with van der Waals surface area (Å²) in [5, 5.41) is 0. The van der Waals surface area contributed by atoms with Crippen LogP contribution in [0, 0.1) is 5.92 Å². The third-order valence-electron chi connectivity index (χ3n) is 4.63. The fourth-order valence-corrected chi connectivity index (χ4v) is 3.42. The molecule has 0 spiro atoms. The monoisotopic (exact) mass is 312 g/mol. The molecule has 3 rings (SSSR count). The van der Waals surface area contributed by atoms with Gasteiger partial charge in [-0.25, -0.2) is 0 Å². The molecule has 120 valence electrons. The summed E-state index contributed by atoms with van der Waals surface area (Å²) in [6.07, 6.45) is 5.11. The number of carbonyl (C=O) groups is 3. The molecule has 0 aliphatic heterocycles. The molecule has 0 N–H and O–H groups in total. The number of fused-ring (bicyclic) bond motifs is 1. The molecule has 1 aromatic carbocycles. The maximum Gasteiger partial charge on any atom is 0.311 e. The van der Waals surface area contributed by atoms with E-state index in [1.807, 2.05) is 0 Å². The van der Waals surface area contributed by atoms with Gasteiger partial charge >= 0.3 is 5.97 Å². The summed E-state index contributed by atoms with van der Waals surface area (Å²) in [5.74, 6) is -1.01. The number of benzene rings is 1. The molecule has 0 atom stereocenters. The van der Waals surface area contributed by atoms with Crippen molar-refractivity contribution < 1.29 is 19.1 Å². The average molecular weight is 312 g/mol. The van der Waals surface area contributed by atoms with E-state index in [2.05, 4.69) is 0 Å². The summed E-state index contributed by atoms with van der Waals surface area (Å²) in [6, 6.07) is 6.77. The Morgan fingerprint density at radius 3 is 2.26 bits per heavy atom. The van der Waals surface area contributed by atoms with Crippen molar-refractivity contribution in [2.75, 3.05) is 0 Å². The molecule has 0 saturated heterocycles. The van der Waals surface area contributed by atoms with Gasteiger partial charge in [-0.2, -0.15) is 0 Å². The number of hydrogen-bond donors (Lipinski definition) is 0. The SMILES string of the molecule is CCC(=O)OC1=C(C2CCCCC2)C(=O)c2ccccc2C1=O. The number of ether oxygens (including phenoxy) is 1. The Morgan fingerprint density at radius 1 is 1.04 bits per heavy atom. The van der Waals surface area contributed by atoms with Gasteiger partial charge in [-0.3, -0.25) is 14.4 Å². The minimum atomic E-state index is -0.478. The van der Waals surface area contributed by atoms with Crippen molar-refractivity contribution in [3.05, 3.63) is 46.7 Å². The lowest BCUT2D eigenvalue weighted by Crippen LogP contribution is -2.29. The minimum absolute atomic E-state index is 0.00760. The summed E-state index contributed by atoms with van der Waals surface area (Å²) < 4.78 is 5.32. The molecule has 1 saturated carbocycles. The number of hydrogen-bond acceptors (Lipinski definition) is 4. The van der Waals surface area contributed by atoms with Gasteiger partial charge in [0.1, 0.15) is 0 Å². The smallest absolute Gasteiger partial charge is 0.311 e. The van der Waals surface area contributed by atoms with Crippen molar-refractivity contribution >= 4 is 17.5 Å². The van der Waals surface area contributed by atoms with E-state index < -0.39 is 5.97 Å². The first-order chi connectivity index (χ1) is 11.1. The molecular formula is C19H20O4. The third kappa shape index (κ3) is 2.85. The highest BCUT2D eigenvalue weighted by atomic mass is 16.5. The second kappa shape index (κ2) is 6.49. The molecule has 0 radical (unpaired) electrons. The first-order valence-electron chi connectivity index (χ1n) is 8.26. The summed E-state index contributed by atoms with van der Waals surface area (Å²) >= 11 is 0. The van der Waals surface area contributed by atoms with E-state index >= 15 is 0 Å². The normalized spacial score (nSPS) is 18.8. The van der Waals surface area contributed by atoms with Gasteiger partial charge in [0.2, 0.25) is 5.78 Å². The Balaban J connectivity index is 2.10. The molecular weight excluding hydrogens is 292 g/mol. The van der Waals surface area contributed by atoms with Crippen molar-refractivity contribution in [3.8, 4) is 0 Å². The first-order valence-corrected chi connectivity index (χ1v) is 8.26. The molecule has 4 heteroatoms. The molecule has 0 heterocycles. The number of Topliss-reactive ketones (excluding diaryl/α,β-unsaturated/α-hetero) is 2. The molecule has 2 aliphatic carbocycles. The second-order valence-corrected chi connectivity index (χ2v) is 6.11. The summed E-state index contributed by atoms with van der Waals surface area (Å²) in [4.78, 5) is 37.5. The third-order valence-corrected chi connectivity index (χ3v) is 4.63. The molecule has 0 amide bonds. The van der Waals surface area contributed by atoms with Crippen LogP contribution in [0.1, 0.15) is 66.2 Å². The lowest BCUT2D eigenvalue weighted by atomic mass is 9.76. The fraction of sp³-hybridized carbons (Fsp3) is 0.421. The van der Waals surface area contributed by atoms with Crippen molar-refractivity contribution in [1.29, 1.82) is 0 Å². The van der Waals surface area contributed by atoms with Crippen LogP contribution in [0.5, 0.6) is 0 Å². The molecule has 2 aliphatic rings. The van der Waals surface area contributed by atoms with Gasteiger partial charge in [0, 0.05) is 17.5 Å². The predicted molar refractivity (Wildman–Crippen MR) is 85.1 cm³/mol. The summed E-state index contributed by atoms with van der Waals surface area (Å²) in [5.41, 5.74) is 1.17. The molecule has 4 nitrogen and oxygen atoms in total. The van der Waals surface area contributed by atoms with E-state index in [-0.39, 0.29) is 29.7 Å². The number of esters is 1. The standard InChI is InChI=1S/C19H20O4/c1-2-15(20)23-19-16(12-8-4-3-5-9-12)17(21)13-10-6-7-11-14(13)18(19)22/h6-7,10-12H,2-5,8-9H2,1H3. The molecule has 0 bridgehead atoms. The second-order valence-electron chi connectivity index (χ2n) is 6.11. The van der Waals surface area contributed by atoms with Gasteiger partial charge in [0.25, 0.3) is 0 Å². The Kier molecular flexibility index (Phi) is 4.42. The number of allylic oxidation sites excluding steroid dienone is 2. The number of ketones is 2. The van der Waals surface area contributed by atoms with E-state index in [0.29, 0.717) is 16.7 Å². The van der Waals surface area contributed by atoms with Gasteiger partial charge in [0.05, 0.1) is 5.57 Å². The summed E-state index contributed by atoms with van der Waals surface area (Å²) in [7, 11) is 0. The number of carbonyl (C=O) groups excluding carboxylic acids is 3. The van der Waals surface area contributed by atoms with E-state index in [0.717, 1.165) is 32.1 Å². The lowest BCUT2D eigenvalue weighted by molar-refractivity contribution is -0.138. The summed E-state index contributed by atoms with van der Waals surface area (Å²) in [6.45, 7) is 1.67. The highest BCUT2D eigenvalue weighted by molar-refractivity contribution is 6.26. The van der Waals surface area contributed by atoms with Crippen molar-refractivity contribution in [1.82, 2.24) is 0 Å². The van der Waals surface area contributed by atoms with Crippen molar-refractivity contribution in [2.45, 2.75) is 45.4 Å². The highest BCUT2D eigenvalue weighted by Crippen LogP contribution is 2.37. The minimum Gasteiger partial charge on any atom is -0.422 e. The molecule has 1 aromatic rings. The van der Waals surface area contributed by atoms with Crippen LogP contribution in [0.4, 0.5) is 0 Å². The zero-order valence-electron chi connectivity index (χ0n) is 13.3. The number of rotatable bonds is 3. The fourth-order valence-electron chi connectivity index (χ4n) is 3.42. The molecule has 0 aromatic heterocycles. The Hall–Kier alpha value is -2.23. The zero-order chi connectivity index (χ0) is 16.4. The van der Waals surface area contributed by atoms with Crippen LogP contribution >= 0.6 is 0 Å². The van der Waals surface area contributed by atoms with E-state index in [1.165, 1.54) is 0 Å². The van der Waals surface area contributed by atoms with Crippen LogP contribution in [-0.2, 0) is 9.53 Å². The topological polar surface area (TPSA) is 60.4 Å². The van der Waals surface area contributed by atoms with Crippen LogP contribution in [0.15, 0.2) is 35.6 Å². The average Bonchev–Trinajstić information content (AvgIpc) is 2.60. The Morgan fingerprint density at radius 2 is 1.65 bits per heavy atom. The van der Waals surface area contributed by atoms with Gasteiger partial charge in [-0.1, -0.05) is 50.5 Å². The van der Waals surface area contributed by atoms with Gasteiger partial charge in [0.15, 0.2) is 11.5 Å². The van der Waals surface area contributed by atoms with Crippen LogP contribution in [-0.4, -0.2) is 17.5 Å². The Labute approximate surface area is 135 Å². The van der Waals surface area contributed by atoms with E-state index in [4.69, 9.17) is 4.74 Å². The maximum atomic E-state index is 12.9. The molecule has 23 heavy (non-hydrogen) atoms. The lowest BCUT2D eigenvalue weighted by Gasteiger charge is -2.28. The maximum absolute atomic E-state index is 12.9. The van der Waals surface area contributed by atoms with Gasteiger partial charge < -0.3 is 4.74 Å². The zero-order valence-corrected chi connectivity index (χ0v) is 13.3. The van der Waals surface area contributed by atoms with Crippen molar-refractivity contribution in [2.24, 2.45) is 5.92 Å². The van der Waals surface area contributed by atoms with Gasteiger partial charge in [-0.15, -0.1) is 0 Å². The predicted octanol–water partition coefficient (Wildman–Crippen LogP) is 3.85. The van der Waals surface area contributed by atoms with Crippen LogP contribution in [0.2, 0.25) is 0 Å². The van der Waals surface area contributed by atoms with E-state index in [1.54, 1.807) is 31.2 Å². The van der Waals surface area contributed by atoms with Crippen LogP contribution in [0.3, 0.4) is 0 Å². The quantitative estimate of drug-likeness (QED) is 0.795. The molecule has 0 unspecified atom stereocenters. The highest BCUT2D eigenvalue weighted by Gasteiger charge is 2.38. The van der Waals surface area contributed by atoms with Gasteiger partial charge in [-0.05, 0) is 18.8 Å². The van der Waals surface area contributed by atoms with E-state index in [9.17, 15) is 14.4 Å². The van der Waals surface area contributed by atoms with Crippen molar-refractivity contribution in [3.63, 3.8) is 0 Å². The van der Waals surface area contributed by atoms with Crippen LogP contribution < -0.4 is 0 Å².